The summed E-state index contributed by atoms with van der Waals surface area (Å²) in [5, 5.41) is 0. The average Bonchev–Trinajstić information content (AvgIpc) is 2.75. The minimum Gasteiger partial charge on any atom is -0.299 e. The fraction of sp³-hybridized carbons (Fsp3) is 0.480. The van der Waals surface area contributed by atoms with E-state index in [1.807, 2.05) is 24.3 Å². The molecular formula is C25H32N2O. The number of nitrogens with zero attached hydrogens (tertiary/aromatic N) is 2. The van der Waals surface area contributed by atoms with Gasteiger partial charge in [-0.1, -0.05) is 49.2 Å². The van der Waals surface area contributed by atoms with Crippen molar-refractivity contribution >= 4 is 5.78 Å². The molecule has 2 fully saturated rings. The summed E-state index contributed by atoms with van der Waals surface area (Å²) in [6, 6.07) is 16.5. The molecule has 2 heterocycles. The van der Waals surface area contributed by atoms with Crippen molar-refractivity contribution in [1.82, 2.24) is 9.80 Å². The van der Waals surface area contributed by atoms with Crippen molar-refractivity contribution in [1.29, 1.82) is 0 Å². The van der Waals surface area contributed by atoms with Gasteiger partial charge in [-0.25, -0.2) is 0 Å². The van der Waals surface area contributed by atoms with E-state index in [1.54, 1.807) is 0 Å². The molecule has 0 spiro atoms. The van der Waals surface area contributed by atoms with Crippen molar-refractivity contribution in [3.05, 3.63) is 70.8 Å². The highest BCUT2D eigenvalue weighted by Gasteiger charge is 2.15. The molecular weight excluding hydrogens is 344 g/mol. The third-order valence-electron chi connectivity index (χ3n) is 6.09. The van der Waals surface area contributed by atoms with Gasteiger partial charge in [0.1, 0.15) is 0 Å². The number of benzene rings is 2. The monoisotopic (exact) mass is 376 g/mol. The number of ketones is 1. The first-order chi connectivity index (χ1) is 13.8. The third kappa shape index (κ3) is 5.09. The van der Waals surface area contributed by atoms with E-state index in [1.165, 1.54) is 75.8 Å². The van der Waals surface area contributed by atoms with Gasteiger partial charge in [-0.05, 0) is 75.1 Å². The molecule has 3 heteroatoms. The van der Waals surface area contributed by atoms with Crippen molar-refractivity contribution in [3.8, 4) is 0 Å². The zero-order chi connectivity index (χ0) is 19.2. The highest BCUT2D eigenvalue weighted by Crippen LogP contribution is 2.18. The zero-order valence-corrected chi connectivity index (χ0v) is 16.9. The lowest BCUT2D eigenvalue weighted by Crippen LogP contribution is -2.29. The third-order valence-corrected chi connectivity index (χ3v) is 6.09. The van der Waals surface area contributed by atoms with E-state index in [9.17, 15) is 4.79 Å². The highest BCUT2D eigenvalue weighted by atomic mass is 16.1. The molecule has 0 aliphatic carbocycles. The lowest BCUT2D eigenvalue weighted by Gasteiger charge is -2.26. The zero-order valence-electron chi connectivity index (χ0n) is 16.9. The number of hydrogen-bond acceptors (Lipinski definition) is 3. The summed E-state index contributed by atoms with van der Waals surface area (Å²) in [6.45, 7) is 6.62. The number of hydrogen-bond donors (Lipinski definition) is 0. The minimum absolute atomic E-state index is 0.140. The second-order valence-corrected chi connectivity index (χ2v) is 8.40. The number of carbonyl (C=O) groups excluding carboxylic acids is 1. The Bertz CT molecular complexity index is 723. The lowest BCUT2D eigenvalue weighted by molar-refractivity contribution is 0.103. The number of rotatable bonds is 6. The van der Waals surface area contributed by atoms with Crippen LogP contribution in [0.4, 0.5) is 0 Å². The first-order valence-corrected chi connectivity index (χ1v) is 11.0. The van der Waals surface area contributed by atoms with Gasteiger partial charge in [-0.2, -0.15) is 0 Å². The molecule has 0 N–H and O–H groups in total. The highest BCUT2D eigenvalue weighted by molar-refractivity contribution is 6.09. The summed E-state index contributed by atoms with van der Waals surface area (Å²) in [4.78, 5) is 18.1. The molecule has 0 unspecified atom stereocenters. The summed E-state index contributed by atoms with van der Waals surface area (Å²) >= 11 is 0. The fourth-order valence-corrected chi connectivity index (χ4v) is 4.54. The van der Waals surface area contributed by atoms with Gasteiger partial charge < -0.3 is 0 Å². The van der Waals surface area contributed by atoms with Crippen molar-refractivity contribution in [3.63, 3.8) is 0 Å². The van der Waals surface area contributed by atoms with E-state index in [0.29, 0.717) is 0 Å². The van der Waals surface area contributed by atoms with Crippen molar-refractivity contribution in [2.75, 3.05) is 26.2 Å². The Morgan fingerprint density at radius 2 is 1.07 bits per heavy atom. The Morgan fingerprint density at radius 1 is 0.643 bits per heavy atom. The van der Waals surface area contributed by atoms with Crippen LogP contribution < -0.4 is 0 Å². The molecule has 2 aliphatic rings. The molecule has 3 nitrogen and oxygen atoms in total. The van der Waals surface area contributed by atoms with Gasteiger partial charge >= 0.3 is 0 Å². The van der Waals surface area contributed by atoms with Crippen LogP contribution in [0, 0.1) is 0 Å². The smallest absolute Gasteiger partial charge is 0.193 e. The van der Waals surface area contributed by atoms with Crippen LogP contribution >= 0.6 is 0 Å². The maximum absolute atomic E-state index is 13.1. The Hall–Kier alpha value is -1.97. The molecule has 2 aliphatic heterocycles. The van der Waals surface area contributed by atoms with E-state index >= 15 is 0 Å². The van der Waals surface area contributed by atoms with Crippen LogP contribution in [-0.2, 0) is 13.1 Å². The van der Waals surface area contributed by atoms with Crippen LogP contribution in [0.1, 0.15) is 65.6 Å². The van der Waals surface area contributed by atoms with E-state index in [4.69, 9.17) is 0 Å². The summed E-state index contributed by atoms with van der Waals surface area (Å²) in [5.41, 5.74) is 4.11. The second kappa shape index (κ2) is 9.49. The molecule has 4 rings (SSSR count). The van der Waals surface area contributed by atoms with E-state index in [-0.39, 0.29) is 5.78 Å². The summed E-state index contributed by atoms with van der Waals surface area (Å²) in [7, 11) is 0. The van der Waals surface area contributed by atoms with Gasteiger partial charge in [0.2, 0.25) is 0 Å². The minimum atomic E-state index is 0.140. The van der Waals surface area contributed by atoms with Gasteiger partial charge in [0, 0.05) is 24.2 Å². The SMILES string of the molecule is O=C(c1cccc(CN2CCCCC2)c1)c1cccc(CN2CCCCC2)c1. The molecule has 2 saturated heterocycles. The molecule has 0 aromatic heterocycles. The molecule has 2 aromatic rings. The number of piperidine rings is 2. The van der Waals surface area contributed by atoms with Crippen LogP contribution in [0.25, 0.3) is 0 Å². The van der Waals surface area contributed by atoms with Crippen LogP contribution in [0.15, 0.2) is 48.5 Å². The normalized spacial score (nSPS) is 18.9. The molecule has 0 bridgehead atoms. The Kier molecular flexibility index (Phi) is 6.56. The van der Waals surface area contributed by atoms with Gasteiger partial charge in [0.05, 0.1) is 0 Å². The molecule has 148 valence electrons. The number of likely N-dealkylation sites (tertiary alicyclic amines) is 2. The standard InChI is InChI=1S/C25H32N2O/c28-25(23-11-7-9-21(17-23)19-26-13-3-1-4-14-26)24-12-8-10-22(18-24)20-27-15-5-2-6-16-27/h7-12,17-18H,1-6,13-16,19-20H2. The summed E-state index contributed by atoms with van der Waals surface area (Å²) < 4.78 is 0. The fourth-order valence-electron chi connectivity index (χ4n) is 4.54. The average molecular weight is 377 g/mol. The Labute approximate surface area is 169 Å². The largest absolute Gasteiger partial charge is 0.299 e. The Balaban J connectivity index is 1.44. The first kappa shape index (κ1) is 19.4. The molecule has 28 heavy (non-hydrogen) atoms. The lowest BCUT2D eigenvalue weighted by atomic mass is 9.99. The Morgan fingerprint density at radius 3 is 1.50 bits per heavy atom. The quantitative estimate of drug-likeness (QED) is 0.671. The second-order valence-electron chi connectivity index (χ2n) is 8.40. The topological polar surface area (TPSA) is 23.6 Å². The van der Waals surface area contributed by atoms with Crippen LogP contribution in [0.5, 0.6) is 0 Å². The predicted octanol–water partition coefficient (Wildman–Crippen LogP) is 4.89. The van der Waals surface area contributed by atoms with Crippen LogP contribution in [0.3, 0.4) is 0 Å². The molecule has 0 saturated carbocycles. The van der Waals surface area contributed by atoms with Gasteiger partial charge in [-0.3, -0.25) is 14.6 Å². The van der Waals surface area contributed by atoms with Crippen molar-refractivity contribution in [2.45, 2.75) is 51.6 Å². The summed E-state index contributed by atoms with van der Waals surface area (Å²) in [5.74, 6) is 0.140. The van der Waals surface area contributed by atoms with Crippen molar-refractivity contribution in [2.24, 2.45) is 0 Å². The first-order valence-electron chi connectivity index (χ1n) is 11.0. The summed E-state index contributed by atoms with van der Waals surface area (Å²) in [6.07, 6.45) is 7.88. The van der Waals surface area contributed by atoms with Crippen LogP contribution in [0.2, 0.25) is 0 Å². The van der Waals surface area contributed by atoms with Gasteiger partial charge in [-0.15, -0.1) is 0 Å². The maximum atomic E-state index is 13.1. The van der Waals surface area contributed by atoms with E-state index in [0.717, 1.165) is 24.2 Å². The maximum Gasteiger partial charge on any atom is 0.193 e. The predicted molar refractivity (Wildman–Crippen MR) is 115 cm³/mol. The van der Waals surface area contributed by atoms with E-state index in [2.05, 4.69) is 34.1 Å². The van der Waals surface area contributed by atoms with E-state index < -0.39 is 0 Å². The van der Waals surface area contributed by atoms with Gasteiger partial charge in [0.15, 0.2) is 5.78 Å². The molecule has 0 radical (unpaired) electrons. The number of carbonyl (C=O) groups is 1. The molecule has 0 atom stereocenters. The molecule has 2 aromatic carbocycles. The molecule has 0 amide bonds. The van der Waals surface area contributed by atoms with Gasteiger partial charge in [0.25, 0.3) is 0 Å². The van der Waals surface area contributed by atoms with Crippen LogP contribution in [-0.4, -0.2) is 41.8 Å². The van der Waals surface area contributed by atoms with Crippen molar-refractivity contribution < 1.29 is 4.79 Å².